The summed E-state index contributed by atoms with van der Waals surface area (Å²) in [7, 11) is 1.59. The molecule has 2 aromatic carbocycles. The minimum absolute atomic E-state index is 0.0126. The van der Waals surface area contributed by atoms with E-state index in [1.165, 1.54) is 16.0 Å². The van der Waals surface area contributed by atoms with Crippen molar-refractivity contribution in [2.75, 3.05) is 13.7 Å². The zero-order valence-corrected chi connectivity index (χ0v) is 20.5. The van der Waals surface area contributed by atoms with Crippen molar-refractivity contribution in [3.8, 4) is 11.1 Å². The van der Waals surface area contributed by atoms with E-state index in [9.17, 15) is 19.5 Å². The van der Waals surface area contributed by atoms with Crippen LogP contribution in [0.2, 0.25) is 0 Å². The van der Waals surface area contributed by atoms with Crippen LogP contribution in [-0.2, 0) is 14.3 Å². The molecule has 0 aliphatic heterocycles. The van der Waals surface area contributed by atoms with E-state index in [-0.39, 0.29) is 30.9 Å². The van der Waals surface area contributed by atoms with Gasteiger partial charge in [-0.25, -0.2) is 9.59 Å². The Morgan fingerprint density at radius 2 is 1.60 bits per heavy atom. The summed E-state index contributed by atoms with van der Waals surface area (Å²) in [5.41, 5.74) is 3.53. The summed E-state index contributed by atoms with van der Waals surface area (Å²) in [4.78, 5) is 38.7. The van der Waals surface area contributed by atoms with Gasteiger partial charge in [-0.2, -0.15) is 0 Å². The van der Waals surface area contributed by atoms with Gasteiger partial charge in [-0.15, -0.1) is 0 Å². The van der Waals surface area contributed by atoms with E-state index in [0.29, 0.717) is 19.3 Å². The van der Waals surface area contributed by atoms with Crippen LogP contribution >= 0.6 is 0 Å². The van der Waals surface area contributed by atoms with Crippen molar-refractivity contribution in [1.82, 2.24) is 10.2 Å². The standard InChI is InChI=1S/C28H34N2O5/c1-19(14-15-25(31)30(2)28(26(32)33)16-8-3-9-17-28)29-27(34)35-18-24-22-12-6-4-10-20(22)21-11-5-7-13-23(21)24/h4-7,10-13,19,24H,3,8-9,14-18H2,1-2H3,(H,29,34)(H,32,33). The van der Waals surface area contributed by atoms with E-state index in [4.69, 9.17) is 4.74 Å². The largest absolute Gasteiger partial charge is 0.479 e. The molecule has 0 spiro atoms. The molecular formula is C28H34N2O5. The topological polar surface area (TPSA) is 95.9 Å². The van der Waals surface area contributed by atoms with Crippen molar-refractivity contribution in [2.45, 2.75) is 69.4 Å². The third kappa shape index (κ3) is 5.04. The molecule has 2 aromatic rings. The average molecular weight is 479 g/mol. The number of carboxylic acids is 1. The highest BCUT2D eigenvalue weighted by Crippen LogP contribution is 2.44. The number of benzene rings is 2. The molecule has 0 heterocycles. The van der Waals surface area contributed by atoms with Crippen LogP contribution in [-0.4, -0.2) is 53.2 Å². The second-order valence-corrected chi connectivity index (χ2v) is 9.76. The van der Waals surface area contributed by atoms with E-state index >= 15 is 0 Å². The zero-order chi connectivity index (χ0) is 25.0. The van der Waals surface area contributed by atoms with Gasteiger partial charge in [0, 0.05) is 25.4 Å². The number of nitrogens with zero attached hydrogens (tertiary/aromatic N) is 1. The number of rotatable bonds is 8. The number of fused-ring (bicyclic) bond motifs is 3. The lowest BCUT2D eigenvalue weighted by molar-refractivity contribution is -0.160. The number of ether oxygens (including phenoxy) is 1. The second kappa shape index (κ2) is 10.5. The summed E-state index contributed by atoms with van der Waals surface area (Å²) in [5.74, 6) is -1.16. The van der Waals surface area contributed by atoms with Gasteiger partial charge in [-0.1, -0.05) is 67.8 Å². The maximum atomic E-state index is 12.8. The van der Waals surface area contributed by atoms with Crippen LogP contribution in [0.15, 0.2) is 48.5 Å². The lowest BCUT2D eigenvalue weighted by Crippen LogP contribution is -2.56. The molecule has 0 aromatic heterocycles. The molecule has 4 rings (SSSR count). The molecule has 0 bridgehead atoms. The lowest BCUT2D eigenvalue weighted by Gasteiger charge is -2.41. The first-order valence-corrected chi connectivity index (χ1v) is 12.4. The number of nitrogens with one attached hydrogen (secondary N) is 1. The predicted octanol–water partition coefficient (Wildman–Crippen LogP) is 4.94. The summed E-state index contributed by atoms with van der Waals surface area (Å²) in [6.45, 7) is 2.05. The van der Waals surface area contributed by atoms with Gasteiger partial charge in [0.1, 0.15) is 12.1 Å². The highest BCUT2D eigenvalue weighted by atomic mass is 16.5. The Kier molecular flexibility index (Phi) is 7.43. The molecule has 1 atom stereocenters. The van der Waals surface area contributed by atoms with Crippen LogP contribution in [0.5, 0.6) is 0 Å². The number of hydrogen-bond acceptors (Lipinski definition) is 4. The van der Waals surface area contributed by atoms with Crippen molar-refractivity contribution in [1.29, 1.82) is 0 Å². The Labute approximate surface area is 206 Å². The first kappa shape index (κ1) is 24.8. The molecular weight excluding hydrogens is 444 g/mol. The molecule has 0 radical (unpaired) electrons. The van der Waals surface area contributed by atoms with Crippen LogP contribution in [0.1, 0.15) is 68.9 Å². The third-order valence-electron chi connectivity index (χ3n) is 7.59. The number of likely N-dealkylation sites (N-methyl/N-ethyl adjacent to an activating group) is 1. The normalized spacial score (nSPS) is 17.1. The zero-order valence-electron chi connectivity index (χ0n) is 20.5. The van der Waals surface area contributed by atoms with Crippen LogP contribution in [0.3, 0.4) is 0 Å². The maximum Gasteiger partial charge on any atom is 0.407 e. The Morgan fingerprint density at radius 1 is 1.03 bits per heavy atom. The van der Waals surface area contributed by atoms with Gasteiger partial charge in [0.05, 0.1) is 0 Å². The number of carbonyl (C=O) groups is 3. The third-order valence-corrected chi connectivity index (χ3v) is 7.59. The highest BCUT2D eigenvalue weighted by molar-refractivity contribution is 5.87. The van der Waals surface area contributed by atoms with Crippen LogP contribution in [0.25, 0.3) is 11.1 Å². The second-order valence-electron chi connectivity index (χ2n) is 9.76. The average Bonchev–Trinajstić information content (AvgIpc) is 3.19. The van der Waals surface area contributed by atoms with Gasteiger partial charge in [-0.3, -0.25) is 4.79 Å². The van der Waals surface area contributed by atoms with E-state index < -0.39 is 17.6 Å². The first-order valence-electron chi connectivity index (χ1n) is 12.4. The quantitative estimate of drug-likeness (QED) is 0.560. The van der Waals surface area contributed by atoms with Crippen LogP contribution in [0.4, 0.5) is 4.79 Å². The molecule has 35 heavy (non-hydrogen) atoms. The number of hydrogen-bond donors (Lipinski definition) is 2. The van der Waals surface area contributed by atoms with Crippen molar-refractivity contribution in [3.05, 3.63) is 59.7 Å². The summed E-state index contributed by atoms with van der Waals surface area (Å²) >= 11 is 0. The van der Waals surface area contributed by atoms with Gasteiger partial charge < -0.3 is 20.1 Å². The molecule has 2 aliphatic rings. The van der Waals surface area contributed by atoms with Crippen molar-refractivity contribution < 1.29 is 24.2 Å². The molecule has 7 heteroatoms. The molecule has 1 fully saturated rings. The Morgan fingerprint density at radius 3 is 2.17 bits per heavy atom. The van der Waals surface area contributed by atoms with Crippen molar-refractivity contribution in [3.63, 3.8) is 0 Å². The molecule has 2 N–H and O–H groups in total. The number of alkyl carbamates (subject to hydrolysis) is 1. The molecule has 186 valence electrons. The van der Waals surface area contributed by atoms with E-state index in [0.717, 1.165) is 30.4 Å². The van der Waals surface area contributed by atoms with Gasteiger partial charge in [0.2, 0.25) is 5.91 Å². The molecule has 1 unspecified atom stereocenters. The fourth-order valence-corrected chi connectivity index (χ4v) is 5.49. The highest BCUT2D eigenvalue weighted by Gasteiger charge is 2.45. The van der Waals surface area contributed by atoms with Crippen molar-refractivity contribution in [2.24, 2.45) is 0 Å². The number of carboxylic acid groups (broad SMARTS) is 1. The summed E-state index contributed by atoms with van der Waals surface area (Å²) < 4.78 is 5.58. The van der Waals surface area contributed by atoms with Crippen molar-refractivity contribution >= 4 is 18.0 Å². The Bertz CT molecular complexity index is 1050. The Hall–Kier alpha value is -3.35. The molecule has 0 saturated heterocycles. The minimum Gasteiger partial charge on any atom is -0.479 e. The van der Waals surface area contributed by atoms with E-state index in [2.05, 4.69) is 29.6 Å². The Balaban J connectivity index is 1.28. The van der Waals surface area contributed by atoms with E-state index in [1.807, 2.05) is 31.2 Å². The predicted molar refractivity (Wildman–Crippen MR) is 133 cm³/mol. The van der Waals surface area contributed by atoms with Gasteiger partial charge >= 0.3 is 12.1 Å². The lowest BCUT2D eigenvalue weighted by atomic mass is 9.80. The van der Waals surface area contributed by atoms with Crippen LogP contribution in [0, 0.1) is 0 Å². The van der Waals surface area contributed by atoms with Gasteiger partial charge in [0.15, 0.2) is 0 Å². The first-order chi connectivity index (χ1) is 16.8. The fraction of sp³-hybridized carbons (Fsp3) is 0.464. The number of aliphatic carboxylic acids is 1. The van der Waals surface area contributed by atoms with E-state index in [1.54, 1.807) is 7.05 Å². The smallest absolute Gasteiger partial charge is 0.407 e. The summed E-state index contributed by atoms with van der Waals surface area (Å²) in [6, 6.07) is 16.1. The summed E-state index contributed by atoms with van der Waals surface area (Å²) in [5, 5.41) is 12.6. The van der Waals surface area contributed by atoms with Gasteiger partial charge in [0.25, 0.3) is 0 Å². The monoisotopic (exact) mass is 478 g/mol. The molecule has 2 aliphatic carbocycles. The fourth-order valence-electron chi connectivity index (χ4n) is 5.49. The van der Waals surface area contributed by atoms with Crippen LogP contribution < -0.4 is 5.32 Å². The SMILES string of the molecule is CC(CCC(=O)N(C)C1(C(=O)O)CCCCC1)NC(=O)OCC1c2ccccc2-c2ccccc21. The summed E-state index contributed by atoms with van der Waals surface area (Å²) in [6.07, 6.45) is 3.63. The molecule has 2 amide bonds. The molecule has 1 saturated carbocycles. The van der Waals surface area contributed by atoms with Gasteiger partial charge in [-0.05, 0) is 48.4 Å². The number of amides is 2. The maximum absolute atomic E-state index is 12.8. The minimum atomic E-state index is -1.11. The molecule has 7 nitrogen and oxygen atoms in total. The number of carbonyl (C=O) groups excluding carboxylic acids is 2.